The summed E-state index contributed by atoms with van der Waals surface area (Å²) in [5.74, 6) is 0.521. The van der Waals surface area contributed by atoms with E-state index in [-0.39, 0.29) is 17.9 Å². The van der Waals surface area contributed by atoms with Crippen LogP contribution in [-0.2, 0) is 14.3 Å². The maximum atomic E-state index is 12.3. The molecule has 5 nitrogen and oxygen atoms in total. The molecule has 0 aromatic heterocycles. The van der Waals surface area contributed by atoms with Crippen molar-refractivity contribution in [1.82, 2.24) is 10.2 Å². The second-order valence-electron chi connectivity index (χ2n) is 7.60. The lowest BCUT2D eigenvalue weighted by molar-refractivity contribution is -0.125. The van der Waals surface area contributed by atoms with Gasteiger partial charge in [0.15, 0.2) is 0 Å². The van der Waals surface area contributed by atoms with Gasteiger partial charge in [0.25, 0.3) is 0 Å². The third kappa shape index (κ3) is 5.43. The van der Waals surface area contributed by atoms with Gasteiger partial charge in [-0.1, -0.05) is 25.7 Å². The van der Waals surface area contributed by atoms with Crippen molar-refractivity contribution >= 4 is 5.91 Å². The van der Waals surface area contributed by atoms with Crippen LogP contribution in [0.15, 0.2) is 0 Å². The van der Waals surface area contributed by atoms with Crippen LogP contribution in [-0.4, -0.2) is 62.4 Å². The van der Waals surface area contributed by atoms with Crippen molar-refractivity contribution in [1.29, 1.82) is 0 Å². The molecule has 1 saturated carbocycles. The Bertz CT molecular complexity index is 377. The highest BCUT2D eigenvalue weighted by molar-refractivity contribution is 5.78. The molecule has 0 unspecified atom stereocenters. The zero-order valence-corrected chi connectivity index (χ0v) is 15.0. The van der Waals surface area contributed by atoms with E-state index in [0.717, 1.165) is 71.6 Å². The number of carbonyl (C=O) groups excluding carboxylic acids is 1. The van der Waals surface area contributed by atoms with Gasteiger partial charge in [0.05, 0.1) is 12.7 Å². The fraction of sp³-hybridized carbons (Fsp3) is 0.947. The first-order valence-corrected chi connectivity index (χ1v) is 10.0. The molecule has 2 saturated heterocycles. The first-order valence-electron chi connectivity index (χ1n) is 10.0. The molecule has 0 aromatic rings. The summed E-state index contributed by atoms with van der Waals surface area (Å²) in [4.78, 5) is 14.9. The van der Waals surface area contributed by atoms with Crippen LogP contribution < -0.4 is 5.32 Å². The van der Waals surface area contributed by atoms with Crippen LogP contribution in [0.4, 0.5) is 0 Å². The van der Waals surface area contributed by atoms with E-state index < -0.39 is 0 Å². The van der Waals surface area contributed by atoms with Crippen molar-refractivity contribution in [3.63, 3.8) is 0 Å². The minimum atomic E-state index is 0.249. The van der Waals surface area contributed by atoms with Gasteiger partial charge in [-0.05, 0) is 32.1 Å². The molecule has 3 rings (SSSR count). The average molecular weight is 338 g/mol. The predicted molar refractivity (Wildman–Crippen MR) is 94.0 cm³/mol. The van der Waals surface area contributed by atoms with E-state index in [1.807, 2.05) is 0 Å². The average Bonchev–Trinajstić information content (AvgIpc) is 2.92. The number of nitrogens with zero attached hydrogens (tertiary/aromatic N) is 1. The third-order valence-electron chi connectivity index (χ3n) is 5.87. The van der Waals surface area contributed by atoms with E-state index in [1.165, 1.54) is 25.7 Å². The van der Waals surface area contributed by atoms with Crippen LogP contribution in [0.25, 0.3) is 0 Å². The molecule has 2 aliphatic heterocycles. The Balaban J connectivity index is 1.35. The van der Waals surface area contributed by atoms with Crippen molar-refractivity contribution in [2.75, 3.05) is 39.5 Å². The Morgan fingerprint density at radius 3 is 2.50 bits per heavy atom. The fourth-order valence-corrected chi connectivity index (χ4v) is 4.34. The highest BCUT2D eigenvalue weighted by Gasteiger charge is 2.28. The molecule has 3 fully saturated rings. The summed E-state index contributed by atoms with van der Waals surface area (Å²) in [6, 6.07) is 0.658. The first kappa shape index (κ1) is 18.2. The smallest absolute Gasteiger partial charge is 0.223 e. The van der Waals surface area contributed by atoms with Crippen LogP contribution in [0, 0.1) is 5.92 Å². The fourth-order valence-electron chi connectivity index (χ4n) is 4.34. The maximum Gasteiger partial charge on any atom is 0.223 e. The van der Waals surface area contributed by atoms with E-state index in [4.69, 9.17) is 9.47 Å². The third-order valence-corrected chi connectivity index (χ3v) is 5.87. The molecule has 1 atom stereocenters. The molecule has 138 valence electrons. The van der Waals surface area contributed by atoms with Crippen LogP contribution in [0.5, 0.6) is 0 Å². The SMILES string of the molecule is O=C(NCC[C@H]1CN(C2CCOCC2)CCO1)C1CCCCCC1. The summed E-state index contributed by atoms with van der Waals surface area (Å²) in [6.45, 7) is 5.40. The van der Waals surface area contributed by atoms with Crippen molar-refractivity contribution in [3.8, 4) is 0 Å². The van der Waals surface area contributed by atoms with Gasteiger partial charge in [-0.15, -0.1) is 0 Å². The number of amides is 1. The molecule has 1 amide bonds. The van der Waals surface area contributed by atoms with E-state index in [9.17, 15) is 4.79 Å². The second-order valence-corrected chi connectivity index (χ2v) is 7.60. The number of rotatable bonds is 5. The summed E-state index contributed by atoms with van der Waals surface area (Å²) >= 11 is 0. The predicted octanol–water partition coefficient (Wildman–Crippen LogP) is 2.34. The molecule has 1 N–H and O–H groups in total. The quantitative estimate of drug-likeness (QED) is 0.782. The summed E-state index contributed by atoms with van der Waals surface area (Å²) in [7, 11) is 0. The molecule has 1 aliphatic carbocycles. The highest BCUT2D eigenvalue weighted by Crippen LogP contribution is 2.23. The summed E-state index contributed by atoms with van der Waals surface area (Å²) in [5, 5.41) is 3.16. The number of nitrogens with one attached hydrogen (secondary N) is 1. The van der Waals surface area contributed by atoms with Gasteiger partial charge in [0.1, 0.15) is 0 Å². The van der Waals surface area contributed by atoms with Crippen LogP contribution in [0.2, 0.25) is 0 Å². The molecule has 3 aliphatic rings. The summed E-state index contributed by atoms with van der Waals surface area (Å²) < 4.78 is 11.4. The number of hydrogen-bond donors (Lipinski definition) is 1. The van der Waals surface area contributed by atoms with Crippen molar-refractivity contribution in [2.24, 2.45) is 5.92 Å². The molecule has 0 radical (unpaired) electrons. The first-order chi connectivity index (χ1) is 11.8. The number of ether oxygens (including phenoxy) is 2. The molecule has 5 heteroatoms. The molecule has 0 bridgehead atoms. The van der Waals surface area contributed by atoms with Gasteiger partial charge in [0, 0.05) is 44.8 Å². The van der Waals surface area contributed by atoms with Gasteiger partial charge in [0.2, 0.25) is 5.91 Å². The van der Waals surface area contributed by atoms with Gasteiger partial charge in [-0.2, -0.15) is 0 Å². The lowest BCUT2D eigenvalue weighted by Crippen LogP contribution is -2.50. The zero-order valence-electron chi connectivity index (χ0n) is 15.0. The summed E-state index contributed by atoms with van der Waals surface area (Å²) in [5.41, 5.74) is 0. The van der Waals surface area contributed by atoms with Crippen LogP contribution >= 0.6 is 0 Å². The molecule has 24 heavy (non-hydrogen) atoms. The van der Waals surface area contributed by atoms with Gasteiger partial charge < -0.3 is 14.8 Å². The van der Waals surface area contributed by atoms with E-state index in [0.29, 0.717) is 6.04 Å². The van der Waals surface area contributed by atoms with Crippen LogP contribution in [0.3, 0.4) is 0 Å². The lowest BCUT2D eigenvalue weighted by Gasteiger charge is -2.39. The number of carbonyl (C=O) groups is 1. The molecular weight excluding hydrogens is 304 g/mol. The van der Waals surface area contributed by atoms with E-state index in [2.05, 4.69) is 10.2 Å². The minimum Gasteiger partial charge on any atom is -0.381 e. The normalized spacial score (nSPS) is 28.4. The molecule has 0 spiro atoms. The van der Waals surface area contributed by atoms with Crippen molar-refractivity contribution < 1.29 is 14.3 Å². The second kappa shape index (κ2) is 9.73. The lowest BCUT2D eigenvalue weighted by atomic mass is 9.99. The minimum absolute atomic E-state index is 0.249. The Labute approximate surface area is 146 Å². The van der Waals surface area contributed by atoms with Crippen molar-refractivity contribution in [3.05, 3.63) is 0 Å². The monoisotopic (exact) mass is 338 g/mol. The van der Waals surface area contributed by atoms with Gasteiger partial charge >= 0.3 is 0 Å². The van der Waals surface area contributed by atoms with E-state index >= 15 is 0 Å². The van der Waals surface area contributed by atoms with Gasteiger partial charge in [-0.25, -0.2) is 0 Å². The van der Waals surface area contributed by atoms with Crippen molar-refractivity contribution in [2.45, 2.75) is 69.9 Å². The number of hydrogen-bond acceptors (Lipinski definition) is 4. The Kier molecular flexibility index (Phi) is 7.36. The Morgan fingerprint density at radius 1 is 1.00 bits per heavy atom. The topological polar surface area (TPSA) is 50.8 Å². The molecule has 0 aromatic carbocycles. The molecular formula is C19H34N2O3. The maximum absolute atomic E-state index is 12.3. The van der Waals surface area contributed by atoms with Gasteiger partial charge in [-0.3, -0.25) is 9.69 Å². The standard InChI is InChI=1S/C19H34N2O3/c22-19(16-5-3-1-2-4-6-16)20-10-7-18-15-21(11-14-24-18)17-8-12-23-13-9-17/h16-18H,1-15H2,(H,20,22)/t18-/m0/s1. The Hall–Kier alpha value is -0.650. The zero-order chi connectivity index (χ0) is 16.6. The molecule has 2 heterocycles. The highest BCUT2D eigenvalue weighted by atomic mass is 16.5. The Morgan fingerprint density at radius 2 is 1.75 bits per heavy atom. The van der Waals surface area contributed by atoms with Crippen LogP contribution in [0.1, 0.15) is 57.8 Å². The number of morpholine rings is 1. The van der Waals surface area contributed by atoms with E-state index in [1.54, 1.807) is 0 Å². The largest absolute Gasteiger partial charge is 0.381 e. The summed E-state index contributed by atoms with van der Waals surface area (Å²) in [6.07, 6.45) is 10.6.